The Morgan fingerprint density at radius 1 is 1.35 bits per heavy atom. The van der Waals surface area contributed by atoms with Crippen LogP contribution in [0.4, 0.5) is 0 Å². The van der Waals surface area contributed by atoms with Gasteiger partial charge in [0, 0.05) is 22.8 Å². The Bertz CT molecular complexity index is 581. The molecule has 0 saturated heterocycles. The van der Waals surface area contributed by atoms with E-state index in [0.29, 0.717) is 13.2 Å². The van der Waals surface area contributed by atoms with Crippen molar-refractivity contribution in [1.82, 2.24) is 4.90 Å². The molecule has 0 bridgehead atoms. The molecule has 0 radical (unpaired) electrons. The summed E-state index contributed by atoms with van der Waals surface area (Å²) < 4.78 is 43.4. The summed E-state index contributed by atoms with van der Waals surface area (Å²) in [5, 5.41) is 0. The Kier molecular flexibility index (Phi) is 4.58. The molecule has 6 nitrogen and oxygen atoms in total. The zero-order valence-corrected chi connectivity index (χ0v) is 13.3. The lowest BCUT2D eigenvalue weighted by atomic mass is 10.3. The summed E-state index contributed by atoms with van der Waals surface area (Å²) >= 11 is 1.64. The van der Waals surface area contributed by atoms with Gasteiger partial charge in [0.1, 0.15) is 12.7 Å². The van der Waals surface area contributed by atoms with Crippen molar-refractivity contribution >= 4 is 21.5 Å². The first-order chi connectivity index (χ1) is 9.26. The zero-order valence-electron chi connectivity index (χ0n) is 11.7. The number of rotatable bonds is 5. The Hall–Kier alpha value is -0.830. The first-order valence-corrected chi connectivity index (χ1v) is 8.67. The van der Waals surface area contributed by atoms with Crippen LogP contribution in [0.2, 0.25) is 0 Å². The van der Waals surface area contributed by atoms with Crippen LogP contribution in [-0.2, 0) is 10.1 Å². The van der Waals surface area contributed by atoms with E-state index < -0.39 is 10.1 Å². The second-order valence-electron chi connectivity index (χ2n) is 4.95. The smallest absolute Gasteiger partial charge is 0.175 e. The zero-order chi connectivity index (χ0) is 14.9. The van der Waals surface area contributed by atoms with E-state index in [4.69, 9.17) is 9.47 Å². The third-order valence-electron chi connectivity index (χ3n) is 3.09. The fraction of sp³-hybridized carbons (Fsp3) is 0.667. The minimum atomic E-state index is -4.17. The number of nitrogens with zero attached hydrogens (tertiary/aromatic N) is 1. The number of likely N-dealkylation sites (N-methyl/N-ethyl adjacent to an activating group) is 1. The van der Waals surface area contributed by atoms with Gasteiger partial charge >= 0.3 is 0 Å². The third-order valence-corrected chi connectivity index (χ3v) is 4.75. The molecule has 1 unspecified atom stereocenters. The summed E-state index contributed by atoms with van der Waals surface area (Å²) in [6.07, 6.45) is -0.158. The number of hydrogen-bond acceptors (Lipinski definition) is 7. The molecule has 2 rings (SSSR count). The van der Waals surface area contributed by atoms with Crippen LogP contribution in [0.5, 0.6) is 11.5 Å². The highest BCUT2D eigenvalue weighted by molar-refractivity contribution is 7.85. The van der Waals surface area contributed by atoms with Crippen molar-refractivity contribution < 1.29 is 22.4 Å². The summed E-state index contributed by atoms with van der Waals surface area (Å²) in [7, 11) is -2.41. The lowest BCUT2D eigenvalue weighted by Crippen LogP contribution is -2.40. The Balaban J connectivity index is 1.91. The minimum Gasteiger partial charge on any atom is -0.748 e. The Morgan fingerprint density at radius 2 is 2.00 bits per heavy atom. The van der Waals surface area contributed by atoms with Gasteiger partial charge in [0.15, 0.2) is 11.5 Å². The molecular weight excluding hydrogens is 302 g/mol. The SMILES string of the molecule is Cc1sc(C)c2c1OCC(CN(C)CCS(=O)(=O)[O-])O2. The predicted molar refractivity (Wildman–Crippen MR) is 75.8 cm³/mol. The molecule has 1 aromatic heterocycles. The van der Waals surface area contributed by atoms with E-state index in [1.807, 2.05) is 13.8 Å². The number of thiophene rings is 1. The van der Waals surface area contributed by atoms with E-state index in [0.717, 1.165) is 21.3 Å². The highest BCUT2D eigenvalue weighted by Gasteiger charge is 2.27. The molecule has 114 valence electrons. The summed E-state index contributed by atoms with van der Waals surface area (Å²) in [5.74, 6) is 1.21. The number of aryl methyl sites for hydroxylation is 2. The molecule has 8 heteroatoms. The van der Waals surface area contributed by atoms with Crippen molar-refractivity contribution in [3.8, 4) is 11.5 Å². The topological polar surface area (TPSA) is 78.9 Å². The monoisotopic (exact) mass is 320 g/mol. The van der Waals surface area contributed by atoms with Gasteiger partial charge in [-0.3, -0.25) is 0 Å². The maximum absolute atomic E-state index is 10.6. The average Bonchev–Trinajstić information content (AvgIpc) is 2.62. The van der Waals surface area contributed by atoms with E-state index >= 15 is 0 Å². The van der Waals surface area contributed by atoms with Gasteiger partial charge in [-0.05, 0) is 20.9 Å². The molecule has 1 aliphatic rings. The van der Waals surface area contributed by atoms with Crippen LogP contribution in [0.1, 0.15) is 9.75 Å². The van der Waals surface area contributed by atoms with Crippen LogP contribution < -0.4 is 9.47 Å². The average molecular weight is 320 g/mol. The second kappa shape index (κ2) is 5.88. The third kappa shape index (κ3) is 3.85. The van der Waals surface area contributed by atoms with E-state index in [9.17, 15) is 13.0 Å². The van der Waals surface area contributed by atoms with Crippen LogP contribution in [0.25, 0.3) is 0 Å². The largest absolute Gasteiger partial charge is 0.748 e. The van der Waals surface area contributed by atoms with E-state index in [1.54, 1.807) is 23.3 Å². The van der Waals surface area contributed by atoms with Crippen molar-refractivity contribution in [3.05, 3.63) is 9.75 Å². The maximum atomic E-state index is 10.6. The molecule has 0 fully saturated rings. The molecule has 0 N–H and O–H groups in total. The van der Waals surface area contributed by atoms with E-state index in [-0.39, 0.29) is 18.4 Å². The quantitative estimate of drug-likeness (QED) is 0.753. The first-order valence-electron chi connectivity index (χ1n) is 6.28. The first kappa shape index (κ1) is 15.6. The van der Waals surface area contributed by atoms with Gasteiger partial charge < -0.3 is 18.9 Å². The molecule has 0 saturated carbocycles. The van der Waals surface area contributed by atoms with Crippen molar-refractivity contribution in [2.45, 2.75) is 20.0 Å². The van der Waals surface area contributed by atoms with Crippen LogP contribution in [0, 0.1) is 13.8 Å². The fourth-order valence-corrected chi connectivity index (χ4v) is 3.59. The van der Waals surface area contributed by atoms with Gasteiger partial charge in [-0.25, -0.2) is 8.42 Å². The maximum Gasteiger partial charge on any atom is 0.175 e. The Labute approximate surface area is 123 Å². The molecule has 2 heterocycles. The van der Waals surface area contributed by atoms with E-state index in [2.05, 4.69) is 0 Å². The summed E-state index contributed by atoms with van der Waals surface area (Å²) in [5.41, 5.74) is 0. The van der Waals surface area contributed by atoms with Crippen molar-refractivity contribution in [1.29, 1.82) is 0 Å². The van der Waals surface area contributed by atoms with Gasteiger partial charge in [-0.1, -0.05) is 0 Å². The van der Waals surface area contributed by atoms with Crippen molar-refractivity contribution in [2.75, 3.05) is 32.5 Å². The van der Waals surface area contributed by atoms with Gasteiger partial charge in [0.25, 0.3) is 0 Å². The molecule has 0 aliphatic carbocycles. The minimum absolute atomic E-state index is 0.158. The molecule has 1 atom stereocenters. The molecule has 0 amide bonds. The standard InChI is InChI=1S/C12H19NO5S2/c1-8-11-12(9(2)19-8)18-10(7-17-11)6-13(3)4-5-20(14,15)16/h10H,4-7H2,1-3H3,(H,14,15,16)/p-1. The van der Waals surface area contributed by atoms with Crippen LogP contribution in [0.15, 0.2) is 0 Å². The summed E-state index contributed by atoms with van der Waals surface area (Å²) in [4.78, 5) is 3.94. The highest BCUT2D eigenvalue weighted by Crippen LogP contribution is 2.43. The lowest BCUT2D eigenvalue weighted by Gasteiger charge is -2.29. The van der Waals surface area contributed by atoms with Crippen molar-refractivity contribution in [2.24, 2.45) is 0 Å². The van der Waals surface area contributed by atoms with Crippen molar-refractivity contribution in [3.63, 3.8) is 0 Å². The molecule has 20 heavy (non-hydrogen) atoms. The van der Waals surface area contributed by atoms with Gasteiger partial charge in [0.05, 0.1) is 15.9 Å². The number of fused-ring (bicyclic) bond motifs is 1. The van der Waals surface area contributed by atoms with Gasteiger partial charge in [-0.15, -0.1) is 11.3 Å². The molecule has 1 aromatic rings. The van der Waals surface area contributed by atoms with Gasteiger partial charge in [0.2, 0.25) is 0 Å². The summed E-state index contributed by atoms with van der Waals surface area (Å²) in [6, 6.07) is 0. The highest BCUT2D eigenvalue weighted by atomic mass is 32.2. The number of hydrogen-bond donors (Lipinski definition) is 0. The molecule has 0 aromatic carbocycles. The second-order valence-corrected chi connectivity index (χ2v) is 7.90. The van der Waals surface area contributed by atoms with E-state index in [1.165, 1.54) is 0 Å². The summed E-state index contributed by atoms with van der Waals surface area (Å²) in [6.45, 7) is 5.11. The number of ether oxygens (including phenoxy) is 2. The van der Waals surface area contributed by atoms with Crippen LogP contribution in [0.3, 0.4) is 0 Å². The molecular formula is C12H18NO5S2-. The molecule has 1 aliphatic heterocycles. The lowest BCUT2D eigenvalue weighted by molar-refractivity contribution is 0.0668. The molecule has 0 spiro atoms. The van der Waals surface area contributed by atoms with Crippen LogP contribution >= 0.6 is 11.3 Å². The fourth-order valence-electron chi connectivity index (χ4n) is 2.12. The predicted octanol–water partition coefficient (Wildman–Crippen LogP) is 0.982. The Morgan fingerprint density at radius 3 is 2.65 bits per heavy atom. The normalized spacial score (nSPS) is 18.6. The van der Waals surface area contributed by atoms with Crippen LogP contribution in [-0.4, -0.2) is 56.5 Å². The van der Waals surface area contributed by atoms with Gasteiger partial charge in [-0.2, -0.15) is 0 Å².